The summed E-state index contributed by atoms with van der Waals surface area (Å²) in [6, 6.07) is 15.7. The second-order valence-corrected chi connectivity index (χ2v) is 9.33. The third-order valence-corrected chi connectivity index (χ3v) is 7.22. The highest BCUT2D eigenvalue weighted by molar-refractivity contribution is 7.20. The zero-order valence-electron chi connectivity index (χ0n) is 20.7. The van der Waals surface area contributed by atoms with Gasteiger partial charge in [-0.1, -0.05) is 12.1 Å². The normalized spacial score (nSPS) is 13.4. The van der Waals surface area contributed by atoms with Gasteiger partial charge in [-0.25, -0.2) is 9.78 Å². The second-order valence-electron chi connectivity index (χ2n) is 8.34. The van der Waals surface area contributed by atoms with Gasteiger partial charge >= 0.3 is 5.97 Å². The standard InChI is InChI=1S/C27H25N5O4S/c1-4-36-27(34)24-17(2)23-25(37-24)28-16-32(26(23)33)29-15-18-5-9-20(10-6-18)31-14-13-22(30-31)19-7-11-21(35-3)12-8-19/h5-12,15-16H,4,13-14H2,1-3H3. The molecule has 188 valence electrons. The predicted molar refractivity (Wildman–Crippen MR) is 146 cm³/mol. The van der Waals surface area contributed by atoms with Gasteiger partial charge in [0.2, 0.25) is 0 Å². The summed E-state index contributed by atoms with van der Waals surface area (Å²) in [6.45, 7) is 4.53. The maximum absolute atomic E-state index is 13.0. The molecule has 0 radical (unpaired) electrons. The SMILES string of the molecule is CCOC(=O)c1sc2ncn(N=Cc3ccc(N4CCC(c5ccc(OC)cc5)=N4)cc3)c(=O)c2c1C. The van der Waals surface area contributed by atoms with E-state index in [1.54, 1.807) is 27.2 Å². The lowest BCUT2D eigenvalue weighted by Gasteiger charge is -2.13. The lowest BCUT2D eigenvalue weighted by molar-refractivity contribution is 0.0531. The van der Waals surface area contributed by atoms with Crippen molar-refractivity contribution in [3.8, 4) is 5.75 Å². The van der Waals surface area contributed by atoms with Crippen molar-refractivity contribution in [3.63, 3.8) is 0 Å². The third-order valence-electron chi connectivity index (χ3n) is 6.04. The van der Waals surface area contributed by atoms with Crippen LogP contribution in [0.3, 0.4) is 0 Å². The first-order valence-electron chi connectivity index (χ1n) is 11.8. The van der Waals surface area contributed by atoms with Gasteiger partial charge in [-0.05, 0) is 66.9 Å². The number of rotatable bonds is 7. The predicted octanol–water partition coefficient (Wildman–Crippen LogP) is 4.45. The number of ether oxygens (including phenoxy) is 2. The Morgan fingerprint density at radius 3 is 2.62 bits per heavy atom. The Hall–Kier alpha value is -4.31. The summed E-state index contributed by atoms with van der Waals surface area (Å²) in [4.78, 5) is 30.4. The zero-order chi connectivity index (χ0) is 25.9. The number of methoxy groups -OCH3 is 1. The van der Waals surface area contributed by atoms with Crippen molar-refractivity contribution in [3.05, 3.63) is 86.8 Å². The summed E-state index contributed by atoms with van der Waals surface area (Å²) in [5.41, 5.74) is 4.14. The summed E-state index contributed by atoms with van der Waals surface area (Å²) in [7, 11) is 1.65. The highest BCUT2D eigenvalue weighted by Gasteiger charge is 2.20. The minimum Gasteiger partial charge on any atom is -0.497 e. The lowest BCUT2D eigenvalue weighted by atomic mass is 10.1. The Bertz CT molecular complexity index is 1570. The van der Waals surface area contributed by atoms with Crippen LogP contribution in [0.5, 0.6) is 5.75 Å². The van der Waals surface area contributed by atoms with Crippen LogP contribution in [0.25, 0.3) is 10.2 Å². The Morgan fingerprint density at radius 1 is 1.16 bits per heavy atom. The fourth-order valence-electron chi connectivity index (χ4n) is 4.08. The molecule has 0 saturated heterocycles. The van der Waals surface area contributed by atoms with Gasteiger partial charge in [0.05, 0.1) is 36.7 Å². The zero-order valence-corrected chi connectivity index (χ0v) is 21.5. The number of carbonyl (C=O) groups excluding carboxylic acids is 1. The van der Waals surface area contributed by atoms with Crippen molar-refractivity contribution in [2.45, 2.75) is 20.3 Å². The van der Waals surface area contributed by atoms with Crippen LogP contribution in [0.2, 0.25) is 0 Å². The minimum absolute atomic E-state index is 0.265. The van der Waals surface area contributed by atoms with E-state index < -0.39 is 5.97 Å². The van der Waals surface area contributed by atoms with E-state index in [2.05, 4.69) is 10.1 Å². The van der Waals surface area contributed by atoms with Crippen molar-refractivity contribution in [1.82, 2.24) is 9.66 Å². The average molecular weight is 516 g/mol. The summed E-state index contributed by atoms with van der Waals surface area (Å²) in [6.07, 6.45) is 3.82. The van der Waals surface area contributed by atoms with Crippen LogP contribution < -0.4 is 15.3 Å². The maximum atomic E-state index is 13.0. The Kier molecular flexibility index (Phi) is 6.82. The quantitative estimate of drug-likeness (QED) is 0.266. The summed E-state index contributed by atoms with van der Waals surface area (Å²) >= 11 is 1.15. The van der Waals surface area contributed by atoms with Crippen LogP contribution >= 0.6 is 11.3 Å². The molecule has 2 aromatic heterocycles. The van der Waals surface area contributed by atoms with Gasteiger partial charge in [0.15, 0.2) is 0 Å². The molecular formula is C27H25N5O4S. The first kappa shape index (κ1) is 24.4. The smallest absolute Gasteiger partial charge is 0.348 e. The number of esters is 1. The second kappa shape index (κ2) is 10.4. The number of aromatic nitrogens is 2. The number of carbonyl (C=O) groups is 1. The monoisotopic (exact) mass is 515 g/mol. The van der Waals surface area contributed by atoms with E-state index in [0.717, 1.165) is 52.6 Å². The van der Waals surface area contributed by atoms with Crippen molar-refractivity contribution in [1.29, 1.82) is 0 Å². The van der Waals surface area contributed by atoms with Gasteiger partial charge in [0.1, 0.15) is 21.8 Å². The van der Waals surface area contributed by atoms with E-state index >= 15 is 0 Å². The van der Waals surface area contributed by atoms with Gasteiger partial charge in [-0.2, -0.15) is 14.9 Å². The molecule has 10 heteroatoms. The summed E-state index contributed by atoms with van der Waals surface area (Å²) in [5, 5.41) is 11.4. The minimum atomic E-state index is -0.448. The van der Waals surface area contributed by atoms with E-state index in [1.165, 1.54) is 11.0 Å². The Labute approximate surface area is 217 Å². The number of nitrogens with zero attached hydrogens (tertiary/aromatic N) is 5. The fraction of sp³-hybridized carbons (Fsp3) is 0.222. The first-order valence-corrected chi connectivity index (χ1v) is 12.6. The maximum Gasteiger partial charge on any atom is 0.348 e. The van der Waals surface area contributed by atoms with E-state index in [1.807, 2.05) is 53.5 Å². The number of benzene rings is 2. The van der Waals surface area contributed by atoms with E-state index in [4.69, 9.17) is 14.6 Å². The molecule has 1 aliphatic heterocycles. The van der Waals surface area contributed by atoms with Crippen molar-refractivity contribution < 1.29 is 14.3 Å². The number of hydrogen-bond acceptors (Lipinski definition) is 9. The topological polar surface area (TPSA) is 98.4 Å². The molecule has 0 atom stereocenters. The van der Waals surface area contributed by atoms with Crippen molar-refractivity contribution >= 4 is 45.1 Å². The average Bonchev–Trinajstić information content (AvgIpc) is 3.54. The molecule has 0 spiro atoms. The van der Waals surface area contributed by atoms with E-state index in [-0.39, 0.29) is 12.2 Å². The van der Waals surface area contributed by atoms with Crippen molar-refractivity contribution in [2.75, 3.05) is 25.3 Å². The molecule has 4 aromatic rings. The van der Waals surface area contributed by atoms with Crippen LogP contribution in [0, 0.1) is 6.92 Å². The number of anilines is 1. The Balaban J connectivity index is 1.32. The fourth-order valence-corrected chi connectivity index (χ4v) is 5.11. The van der Waals surface area contributed by atoms with Gasteiger partial charge < -0.3 is 9.47 Å². The lowest BCUT2D eigenvalue weighted by Crippen LogP contribution is -2.17. The number of thiophene rings is 1. The highest BCUT2D eigenvalue weighted by Crippen LogP contribution is 2.27. The van der Waals surface area contributed by atoms with Gasteiger partial charge in [-0.15, -0.1) is 11.3 Å². The van der Waals surface area contributed by atoms with E-state index in [9.17, 15) is 9.59 Å². The molecule has 37 heavy (non-hydrogen) atoms. The van der Waals surface area contributed by atoms with Crippen LogP contribution in [-0.4, -0.2) is 47.8 Å². The van der Waals surface area contributed by atoms with Crippen molar-refractivity contribution in [2.24, 2.45) is 10.2 Å². The molecule has 2 aromatic carbocycles. The van der Waals surface area contributed by atoms with E-state index in [0.29, 0.717) is 20.7 Å². The molecule has 0 saturated carbocycles. The highest BCUT2D eigenvalue weighted by atomic mass is 32.1. The number of hydrogen-bond donors (Lipinski definition) is 0. The number of aryl methyl sites for hydroxylation is 1. The van der Waals surface area contributed by atoms with Gasteiger partial charge in [0, 0.05) is 13.0 Å². The molecule has 9 nitrogen and oxygen atoms in total. The molecule has 0 unspecified atom stereocenters. The molecule has 1 aliphatic rings. The van der Waals surface area contributed by atoms with Crippen LogP contribution in [0.15, 0.2) is 69.9 Å². The number of fused-ring (bicyclic) bond motifs is 1. The molecular weight excluding hydrogens is 490 g/mol. The van der Waals surface area contributed by atoms with Gasteiger partial charge in [0.25, 0.3) is 5.56 Å². The van der Waals surface area contributed by atoms with Gasteiger partial charge in [-0.3, -0.25) is 9.80 Å². The number of hydrazone groups is 1. The van der Waals surface area contributed by atoms with Crippen LogP contribution in [-0.2, 0) is 4.74 Å². The summed E-state index contributed by atoms with van der Waals surface area (Å²) in [5.74, 6) is 0.373. The Morgan fingerprint density at radius 2 is 1.92 bits per heavy atom. The molecule has 5 rings (SSSR count). The molecule has 3 heterocycles. The first-order chi connectivity index (χ1) is 18.0. The third kappa shape index (κ3) is 4.88. The summed E-state index contributed by atoms with van der Waals surface area (Å²) < 4.78 is 11.5. The molecule has 0 aliphatic carbocycles. The van der Waals surface area contributed by atoms with Crippen LogP contribution in [0.1, 0.15) is 39.7 Å². The largest absolute Gasteiger partial charge is 0.497 e. The molecule has 0 bridgehead atoms. The molecule has 0 fully saturated rings. The molecule has 0 N–H and O–H groups in total. The molecule has 0 amide bonds. The van der Waals surface area contributed by atoms with Crippen LogP contribution in [0.4, 0.5) is 5.69 Å².